The van der Waals surface area contributed by atoms with E-state index >= 15 is 28.8 Å². The molecule has 0 aliphatic rings. The van der Waals surface area contributed by atoms with Gasteiger partial charge in [-0.25, -0.2) is 50.5 Å². The summed E-state index contributed by atoms with van der Waals surface area (Å²) in [6, 6.07) is 23.9. The van der Waals surface area contributed by atoms with E-state index in [-0.39, 0.29) is 242 Å². The van der Waals surface area contributed by atoms with Crippen LogP contribution in [0.2, 0.25) is 0 Å². The van der Waals surface area contributed by atoms with Gasteiger partial charge in [-0.1, -0.05) is 37.2 Å². The molecule has 6 N–H and O–H groups in total. The fourth-order valence-electron chi connectivity index (χ4n) is 10.0. The number of anilines is 6. The fourth-order valence-corrected chi connectivity index (χ4v) is 20.1. The van der Waals surface area contributed by atoms with Crippen molar-refractivity contribution in [1.82, 2.24) is 29.9 Å². The summed E-state index contributed by atoms with van der Waals surface area (Å²) in [5.74, 6) is -9.94. The van der Waals surface area contributed by atoms with E-state index in [2.05, 4.69) is 90.1 Å². The van der Waals surface area contributed by atoms with Crippen LogP contribution in [-0.2, 0) is 60.1 Å². The Labute approximate surface area is 840 Å². The normalized spacial score (nSPS) is 11.2. The van der Waals surface area contributed by atoms with E-state index in [0.717, 1.165) is 214 Å². The van der Waals surface area contributed by atoms with Crippen molar-refractivity contribution in [3.63, 3.8) is 0 Å². The molecule has 6 heterocycles. The SMILES string of the molecule is O=C(Nc1ccc(S(=O)(=O)[N-]c2nccs2)cc1)c1c(C(=O)Nc2ccc(S(=O)(=O)[N-]c3nccs3)cc2)c(C(=O)Nc2ccc(S(=O)(=O)[N-]c3nccs3)cc2)c(C(=O)Nc2ccc(S(=O)(=O)[N-]c3nccs3)cc2)c(C(=O)Nc2ccc(S(=O)(=O)[N-]c3nccs3)cc2)c1C(=O)Nc1ccc(S(=O)(=O)[N-]c2nccs2)cc1.[Na+].[Na+].[Na+].[Na+].[Na+].[Na+]. The van der Waals surface area contributed by atoms with Gasteiger partial charge in [-0.3, -0.25) is 28.8 Å². The molecule has 0 fully saturated rings. The van der Waals surface area contributed by atoms with Gasteiger partial charge in [0.2, 0.25) is 60.1 Å². The van der Waals surface area contributed by atoms with Crippen LogP contribution in [0.1, 0.15) is 62.1 Å². The maximum absolute atomic E-state index is 16.2. The zero-order valence-electron chi connectivity index (χ0n) is 62.4. The third-order valence-corrected chi connectivity index (χ3v) is 27.4. The van der Waals surface area contributed by atoms with Crippen molar-refractivity contribution in [2.24, 2.45) is 0 Å². The van der Waals surface area contributed by atoms with Gasteiger partial charge < -0.3 is 90.1 Å². The zero-order chi connectivity index (χ0) is 80.7. The van der Waals surface area contributed by atoms with Crippen LogP contribution in [0.4, 0.5) is 64.9 Å². The van der Waals surface area contributed by atoms with Gasteiger partial charge in [-0.15, -0.1) is 0 Å². The van der Waals surface area contributed by atoms with Crippen LogP contribution >= 0.6 is 68.0 Å². The Hall–Kier alpha value is -6.36. The van der Waals surface area contributed by atoms with E-state index in [0.29, 0.717) is 0 Å². The molecule has 7 aromatic carbocycles. The van der Waals surface area contributed by atoms with Crippen molar-refractivity contribution < 1.29 is 257 Å². The summed E-state index contributed by atoms with van der Waals surface area (Å²) in [5.41, 5.74) is -10.2. The summed E-state index contributed by atoms with van der Waals surface area (Å²) in [6.45, 7) is 0. The van der Waals surface area contributed by atoms with Crippen LogP contribution in [0.3, 0.4) is 0 Å². The fraction of sp³-hybridized carbons (Fsp3) is 0. The second-order valence-corrected chi connectivity index (χ2v) is 37.3. The van der Waals surface area contributed by atoms with Crippen molar-refractivity contribution in [2.75, 3.05) is 31.9 Å². The second-order valence-electron chi connectivity index (χ2n) is 22.4. The van der Waals surface area contributed by atoms with Gasteiger partial charge >= 0.3 is 177 Å². The number of aromatic nitrogens is 6. The summed E-state index contributed by atoms with van der Waals surface area (Å²) in [4.78, 5) is 118. The number of nitrogens with one attached hydrogen (secondary N) is 6. The Morgan fingerprint density at radius 1 is 0.208 bits per heavy atom. The number of hydrogen-bond donors (Lipinski definition) is 6. The van der Waals surface area contributed by atoms with Crippen molar-refractivity contribution in [1.29, 1.82) is 0 Å². The number of hydrogen-bond acceptors (Lipinski definition) is 30. The molecule has 0 unspecified atom stereocenters. The minimum atomic E-state index is -4.56. The van der Waals surface area contributed by atoms with Crippen LogP contribution in [0.15, 0.2) is 244 Å². The summed E-state index contributed by atoms with van der Waals surface area (Å²) >= 11 is 5.28. The first-order valence-electron chi connectivity index (χ1n) is 31.3. The van der Waals surface area contributed by atoms with Crippen LogP contribution in [0.5, 0.6) is 0 Å². The monoisotopic (exact) mass is 1900 g/mol. The molecule has 0 aliphatic carbocycles. The molecule has 0 saturated heterocycles. The molecule has 120 heavy (non-hydrogen) atoms. The molecule has 0 saturated carbocycles. The molecule has 0 bridgehead atoms. The molecular weight excluding hydrogens is 1860 g/mol. The first-order chi connectivity index (χ1) is 54.4. The van der Waals surface area contributed by atoms with E-state index in [4.69, 9.17) is 0 Å². The number of rotatable bonds is 30. The van der Waals surface area contributed by atoms with Crippen molar-refractivity contribution in [2.45, 2.75) is 29.4 Å². The third-order valence-electron chi connectivity index (χ3n) is 15.0. The minimum absolute atomic E-state index is 0. The first-order valence-corrected chi connectivity index (χ1v) is 45.3. The van der Waals surface area contributed by atoms with Gasteiger partial charge in [-0.2, -0.15) is 68.0 Å². The average Bonchev–Trinajstić information content (AvgIpc) is 1.05. The zero-order valence-corrected chi connectivity index (χ0v) is 84.2. The average molecular weight is 1900 g/mol. The van der Waals surface area contributed by atoms with E-state index < -0.39 is 158 Å². The first kappa shape index (κ1) is 101. The predicted molar refractivity (Wildman–Crippen MR) is 427 cm³/mol. The van der Waals surface area contributed by atoms with Crippen LogP contribution in [0, 0.1) is 0 Å². The molecule has 6 amide bonds. The summed E-state index contributed by atoms with van der Waals surface area (Å²) in [6.07, 6.45) is 7.77. The molecule has 36 nitrogen and oxygen atoms in total. The molecule has 0 radical (unpaired) electrons. The number of benzene rings is 7. The standard InChI is InChI=1S/C66H48N18O18S12.6Na/c85-55(73-37-1-13-43(14-2-37)109(91,92)79-61-67-25-31-103-61)49-50(56(86)74-38-3-15-44(16-4-38)110(93,94)80-62-68-26-32-104-62)52(58(88)76-40-7-19-46(20-8-40)112(97,98)82-64-70-28-34-106-64)54(60(90)78-42-11-23-48(24-12-42)114(101,102)84-66-72-30-36-108-66)53(59(89)77-41-9-21-47(22-10-41)113(99,100)83-65-71-29-35-107-65)51(49)57(87)75-39-5-17-45(18-6-39)111(95,96)81-63-69-27-33-105-63;;;;;;/h1-36H,(H12,67,68,69,70,71,72,73,74,75,76,77,78,79,80,81,82,83,84,85,86,87,88,89,90);;;;;;/q;6*+1/p-6. The Bertz CT molecular complexity index is 5510. The molecule has 13 rings (SSSR count). The number of sulfonamides is 6. The predicted octanol–water partition coefficient (Wildman–Crippen LogP) is -3.67. The number of thiazole rings is 6. The van der Waals surface area contributed by atoms with Crippen LogP contribution in [0.25, 0.3) is 28.3 Å². The van der Waals surface area contributed by atoms with Crippen molar-refractivity contribution >= 4 is 229 Å². The maximum atomic E-state index is 16.2. The van der Waals surface area contributed by atoms with Gasteiger partial charge in [0.05, 0.1) is 62.8 Å². The molecular formula is C66H42N18Na6O18S12. The second kappa shape index (κ2) is 43.5. The summed E-state index contributed by atoms with van der Waals surface area (Å²) in [7, 11) is -27.4. The molecule has 0 spiro atoms. The smallest absolute Gasteiger partial charge is 0.433 e. The van der Waals surface area contributed by atoms with Crippen LogP contribution < -0.4 is 209 Å². The molecule has 0 aliphatic heterocycles. The van der Waals surface area contributed by atoms with E-state index in [1.807, 2.05) is 0 Å². The molecule has 54 heteroatoms. The Morgan fingerprint density at radius 2 is 0.325 bits per heavy atom. The molecule has 0 atom stereocenters. The quantitative estimate of drug-likeness (QED) is 0.0236. The molecule has 582 valence electrons. The number of carbonyl (C=O) groups excluding carboxylic acids is 6. The van der Waals surface area contributed by atoms with E-state index in [9.17, 15) is 50.5 Å². The van der Waals surface area contributed by atoms with Gasteiger partial charge in [0, 0.05) is 64.9 Å². The van der Waals surface area contributed by atoms with Crippen molar-refractivity contribution in [3.05, 3.63) is 277 Å². The Kier molecular flexibility index (Phi) is 36.5. The van der Waals surface area contributed by atoms with E-state index in [1.54, 1.807) is 0 Å². The molecule has 6 aromatic heterocycles. The van der Waals surface area contributed by atoms with Gasteiger partial charge in [-0.05, 0) is 178 Å². The third kappa shape index (κ3) is 25.0. The minimum Gasteiger partial charge on any atom is -0.433 e. The number of amides is 6. The summed E-state index contributed by atoms with van der Waals surface area (Å²) < 4.78 is 186. The maximum Gasteiger partial charge on any atom is 1.00 e. The Morgan fingerprint density at radius 3 is 0.425 bits per heavy atom. The number of carbonyl (C=O) groups is 6. The van der Waals surface area contributed by atoms with Gasteiger partial charge in [0.25, 0.3) is 35.4 Å². The van der Waals surface area contributed by atoms with Gasteiger partial charge in [0.1, 0.15) is 0 Å². The summed E-state index contributed by atoms with van der Waals surface area (Å²) in [5, 5.41) is 22.4. The largest absolute Gasteiger partial charge is 1.00 e. The van der Waals surface area contributed by atoms with Crippen LogP contribution in [-0.4, -0.2) is 116 Å². The van der Waals surface area contributed by atoms with E-state index in [1.165, 1.54) is 69.5 Å². The molecule has 13 aromatic rings. The Balaban J connectivity index is 0.00000331. The topological polar surface area (TPSA) is 541 Å². The van der Waals surface area contributed by atoms with Crippen molar-refractivity contribution in [3.8, 4) is 0 Å². The number of nitrogens with zero attached hydrogens (tertiary/aromatic N) is 12. The van der Waals surface area contributed by atoms with Gasteiger partial charge in [0.15, 0.2) is 0 Å².